The summed E-state index contributed by atoms with van der Waals surface area (Å²) in [4.78, 5) is 11.5. The predicted octanol–water partition coefficient (Wildman–Crippen LogP) is 0.657. The molecule has 1 aromatic rings. The molecule has 0 aliphatic carbocycles. The first-order valence-corrected chi connectivity index (χ1v) is 8.23. The fourth-order valence-electron chi connectivity index (χ4n) is 1.26. The molecule has 1 aromatic heterocycles. The van der Waals surface area contributed by atoms with Crippen molar-refractivity contribution in [3.63, 3.8) is 0 Å². The summed E-state index contributed by atoms with van der Waals surface area (Å²) in [5.74, 6) is 0. The summed E-state index contributed by atoms with van der Waals surface area (Å²) in [6.07, 6.45) is 1.08. The standard InChI is InChI=1S/C10H17N3O3S2/c1-8(9-3-6-17-7-9)13-10(14)11-4-5-12-18(2,15)16/h3,6-8,12H,4-5H2,1-2H3,(H2,11,13,14). The van der Waals surface area contributed by atoms with Gasteiger partial charge in [-0.2, -0.15) is 11.3 Å². The number of urea groups is 1. The van der Waals surface area contributed by atoms with Crippen molar-refractivity contribution in [3.8, 4) is 0 Å². The second-order valence-corrected chi connectivity index (χ2v) is 6.46. The number of nitrogens with one attached hydrogen (secondary N) is 3. The smallest absolute Gasteiger partial charge is 0.315 e. The Kier molecular flexibility index (Phi) is 5.57. The van der Waals surface area contributed by atoms with Crippen LogP contribution < -0.4 is 15.4 Å². The molecule has 0 bridgehead atoms. The minimum absolute atomic E-state index is 0.0703. The molecule has 0 saturated carbocycles. The SMILES string of the molecule is CC(NC(=O)NCCNS(C)(=O)=O)c1ccsc1. The Morgan fingerprint density at radius 3 is 2.72 bits per heavy atom. The molecule has 0 radical (unpaired) electrons. The lowest BCUT2D eigenvalue weighted by molar-refractivity contribution is 0.238. The van der Waals surface area contributed by atoms with E-state index in [9.17, 15) is 13.2 Å². The van der Waals surface area contributed by atoms with Gasteiger partial charge < -0.3 is 10.6 Å². The van der Waals surface area contributed by atoms with Gasteiger partial charge >= 0.3 is 6.03 Å². The van der Waals surface area contributed by atoms with Crippen molar-refractivity contribution < 1.29 is 13.2 Å². The summed E-state index contributed by atoms with van der Waals surface area (Å²) >= 11 is 1.57. The van der Waals surface area contributed by atoms with Gasteiger partial charge in [-0.1, -0.05) is 0 Å². The van der Waals surface area contributed by atoms with Crippen molar-refractivity contribution in [2.45, 2.75) is 13.0 Å². The van der Waals surface area contributed by atoms with Gasteiger partial charge in [0, 0.05) is 13.1 Å². The molecule has 102 valence electrons. The third-order valence-corrected chi connectivity index (χ3v) is 3.60. The zero-order valence-electron chi connectivity index (χ0n) is 10.3. The lowest BCUT2D eigenvalue weighted by Crippen LogP contribution is -2.40. The van der Waals surface area contributed by atoms with E-state index in [1.165, 1.54) is 0 Å². The highest BCUT2D eigenvalue weighted by Gasteiger charge is 2.09. The lowest BCUT2D eigenvalue weighted by atomic mass is 10.2. The largest absolute Gasteiger partial charge is 0.337 e. The van der Waals surface area contributed by atoms with Crippen molar-refractivity contribution >= 4 is 27.4 Å². The maximum atomic E-state index is 11.5. The van der Waals surface area contributed by atoms with Gasteiger partial charge in [0.2, 0.25) is 10.0 Å². The summed E-state index contributed by atoms with van der Waals surface area (Å²) in [6.45, 7) is 2.31. The van der Waals surface area contributed by atoms with Crippen LogP contribution in [0.15, 0.2) is 16.8 Å². The van der Waals surface area contributed by atoms with Crippen LogP contribution in [0.1, 0.15) is 18.5 Å². The monoisotopic (exact) mass is 291 g/mol. The minimum Gasteiger partial charge on any atom is -0.337 e. The highest BCUT2D eigenvalue weighted by atomic mass is 32.2. The second kappa shape index (κ2) is 6.72. The van der Waals surface area contributed by atoms with Crippen molar-refractivity contribution in [2.24, 2.45) is 0 Å². The normalized spacial score (nSPS) is 13.0. The maximum absolute atomic E-state index is 11.5. The van der Waals surface area contributed by atoms with Crippen molar-refractivity contribution in [3.05, 3.63) is 22.4 Å². The summed E-state index contributed by atoms with van der Waals surface area (Å²) in [5, 5.41) is 9.25. The molecule has 1 unspecified atom stereocenters. The first-order chi connectivity index (χ1) is 8.38. The lowest BCUT2D eigenvalue weighted by Gasteiger charge is -2.13. The van der Waals surface area contributed by atoms with Gasteiger partial charge in [-0.05, 0) is 29.3 Å². The number of hydrogen-bond acceptors (Lipinski definition) is 4. The van der Waals surface area contributed by atoms with E-state index >= 15 is 0 Å². The zero-order chi connectivity index (χ0) is 13.6. The highest BCUT2D eigenvalue weighted by molar-refractivity contribution is 7.88. The van der Waals surface area contributed by atoms with Gasteiger partial charge in [-0.15, -0.1) is 0 Å². The van der Waals surface area contributed by atoms with Crippen molar-refractivity contribution in [2.75, 3.05) is 19.3 Å². The molecule has 2 amide bonds. The van der Waals surface area contributed by atoms with Crippen LogP contribution in [-0.2, 0) is 10.0 Å². The minimum atomic E-state index is -3.20. The van der Waals surface area contributed by atoms with Crippen LogP contribution in [0.3, 0.4) is 0 Å². The predicted molar refractivity (Wildman–Crippen MR) is 72.1 cm³/mol. The maximum Gasteiger partial charge on any atom is 0.315 e. The Morgan fingerprint density at radius 2 is 2.17 bits per heavy atom. The number of sulfonamides is 1. The molecule has 0 fully saturated rings. The van der Waals surface area contributed by atoms with Crippen molar-refractivity contribution in [1.29, 1.82) is 0 Å². The van der Waals surface area contributed by atoms with Gasteiger partial charge in [-0.25, -0.2) is 17.9 Å². The van der Waals surface area contributed by atoms with E-state index in [2.05, 4.69) is 15.4 Å². The summed E-state index contributed by atoms with van der Waals surface area (Å²) in [7, 11) is -3.20. The molecule has 1 heterocycles. The number of carbonyl (C=O) groups is 1. The van der Waals surface area contributed by atoms with Crippen LogP contribution in [0, 0.1) is 0 Å². The van der Waals surface area contributed by atoms with Gasteiger partial charge in [0.05, 0.1) is 12.3 Å². The molecule has 1 atom stereocenters. The van der Waals surface area contributed by atoms with E-state index < -0.39 is 10.0 Å². The summed E-state index contributed by atoms with van der Waals surface area (Å²) < 4.78 is 23.8. The number of carbonyl (C=O) groups excluding carboxylic acids is 1. The average molecular weight is 291 g/mol. The summed E-state index contributed by atoms with van der Waals surface area (Å²) in [6, 6.07) is 1.56. The third kappa shape index (κ3) is 5.99. The first kappa shape index (κ1) is 14.9. The third-order valence-electron chi connectivity index (χ3n) is 2.17. The molecule has 6 nitrogen and oxygen atoms in total. The average Bonchev–Trinajstić information content (AvgIpc) is 2.76. The molecule has 0 spiro atoms. The van der Waals surface area contributed by atoms with E-state index in [0.29, 0.717) is 0 Å². The van der Waals surface area contributed by atoms with E-state index in [1.807, 2.05) is 23.8 Å². The van der Waals surface area contributed by atoms with E-state index in [4.69, 9.17) is 0 Å². The fraction of sp³-hybridized carbons (Fsp3) is 0.500. The number of thiophene rings is 1. The number of rotatable bonds is 6. The molecule has 0 saturated heterocycles. The van der Waals surface area contributed by atoms with Crippen LogP contribution in [0.2, 0.25) is 0 Å². The molecule has 3 N–H and O–H groups in total. The van der Waals surface area contributed by atoms with Crippen LogP contribution in [0.25, 0.3) is 0 Å². The molecule has 0 aromatic carbocycles. The molecule has 0 aliphatic rings. The van der Waals surface area contributed by atoms with Crippen LogP contribution in [-0.4, -0.2) is 33.8 Å². The molecule has 0 aliphatic heterocycles. The topological polar surface area (TPSA) is 87.3 Å². The van der Waals surface area contributed by atoms with Gasteiger partial charge in [0.15, 0.2) is 0 Å². The Morgan fingerprint density at radius 1 is 1.44 bits per heavy atom. The molecule has 1 rings (SSSR count). The number of amides is 2. The van der Waals surface area contributed by atoms with Gasteiger partial charge in [0.25, 0.3) is 0 Å². The van der Waals surface area contributed by atoms with E-state index in [1.54, 1.807) is 11.3 Å². The number of hydrogen-bond donors (Lipinski definition) is 3. The van der Waals surface area contributed by atoms with Crippen molar-refractivity contribution in [1.82, 2.24) is 15.4 Å². The molecule has 18 heavy (non-hydrogen) atoms. The second-order valence-electron chi connectivity index (χ2n) is 3.85. The highest BCUT2D eigenvalue weighted by Crippen LogP contribution is 2.14. The Hall–Kier alpha value is -1.12. The molecular formula is C10H17N3O3S2. The Balaban J connectivity index is 2.22. The van der Waals surface area contributed by atoms with Crippen LogP contribution in [0.4, 0.5) is 4.79 Å². The fourth-order valence-corrected chi connectivity index (χ4v) is 2.49. The Bertz CT molecular complexity index is 471. The quantitative estimate of drug-likeness (QED) is 0.673. The van der Waals surface area contributed by atoms with E-state index in [0.717, 1.165) is 11.8 Å². The van der Waals surface area contributed by atoms with Gasteiger partial charge in [0.1, 0.15) is 0 Å². The molecular weight excluding hydrogens is 274 g/mol. The first-order valence-electron chi connectivity index (χ1n) is 5.39. The molecule has 8 heteroatoms. The summed E-state index contributed by atoms with van der Waals surface area (Å²) in [5.41, 5.74) is 1.05. The van der Waals surface area contributed by atoms with Crippen LogP contribution >= 0.6 is 11.3 Å². The zero-order valence-corrected chi connectivity index (χ0v) is 11.9. The van der Waals surface area contributed by atoms with Crippen LogP contribution in [0.5, 0.6) is 0 Å². The van der Waals surface area contributed by atoms with Gasteiger partial charge in [-0.3, -0.25) is 0 Å². The Labute approximate surface area is 111 Å². The van der Waals surface area contributed by atoms with E-state index in [-0.39, 0.29) is 25.2 Å².